The average molecular weight is 71.1 g/mol. The van der Waals surface area contributed by atoms with Crippen molar-refractivity contribution in [3.63, 3.8) is 0 Å². The zero-order chi connectivity index (χ0) is 3.41. The van der Waals surface area contributed by atoms with Gasteiger partial charge in [-0.25, -0.2) is 5.41 Å². The van der Waals surface area contributed by atoms with Crippen molar-refractivity contribution in [2.45, 2.75) is 0 Å². The van der Waals surface area contributed by atoms with E-state index in [0.29, 0.717) is 0 Å². The van der Waals surface area contributed by atoms with E-state index in [4.69, 9.17) is 5.41 Å². The fourth-order valence-electron chi connectivity index (χ4n) is 0. The van der Waals surface area contributed by atoms with Crippen LogP contribution in [0.4, 0.5) is 0 Å². The van der Waals surface area contributed by atoms with Crippen LogP contribution in [0.2, 0.25) is 0 Å². The highest BCUT2D eigenvalue weighted by Gasteiger charge is 1.25. The Labute approximate surface area is 27.6 Å². The van der Waals surface area contributed by atoms with Gasteiger partial charge in [0, 0.05) is 0 Å². The maximum Gasteiger partial charge on any atom is 0.175 e. The highest BCUT2D eigenvalue weighted by molar-refractivity contribution is 6.07. The Hall–Kier alpha value is -0.403. The molecule has 1 radical (unpaired) electrons. The largest absolute Gasteiger partial charge is 0.277 e. The second kappa shape index (κ2) is 2.60. The van der Waals surface area contributed by atoms with Gasteiger partial charge in [0.05, 0.1) is 6.01 Å². The molecule has 2 nitrogen and oxygen atoms in total. The third-order valence-electron chi connectivity index (χ3n) is 0.0791. The van der Waals surface area contributed by atoms with Crippen LogP contribution < -0.4 is 0 Å². The van der Waals surface area contributed by atoms with E-state index in [-0.39, 0.29) is 0 Å². The summed E-state index contributed by atoms with van der Waals surface area (Å²) >= 11 is 0. The van der Waals surface area contributed by atoms with Crippen LogP contribution in [0.5, 0.6) is 0 Å². The molecular weight excluding hydrogens is 68.1 g/mol. The van der Waals surface area contributed by atoms with Gasteiger partial charge in [-0.05, 0) is 0 Å². The van der Waals surface area contributed by atoms with Crippen molar-refractivity contribution in [3.05, 3.63) is 0 Å². The molecule has 0 aliphatic heterocycles. The van der Waals surface area contributed by atoms with Crippen molar-refractivity contribution in [2.24, 2.45) is 4.66 Å². The molecule has 0 atom stereocenters. The molecular formula is CH3N2Si. The Kier molecular flexibility index (Phi) is 2.34. The van der Waals surface area contributed by atoms with E-state index in [1.165, 1.54) is 10.4 Å². The van der Waals surface area contributed by atoms with E-state index in [1.54, 1.807) is 0 Å². The van der Waals surface area contributed by atoms with Crippen LogP contribution >= 0.6 is 0 Å². The summed E-state index contributed by atoms with van der Waals surface area (Å²) < 4.78 is 3.18. The number of nitrogens with one attached hydrogen (secondary N) is 1. The molecule has 0 aliphatic rings. The smallest absolute Gasteiger partial charge is 0.175 e. The molecule has 0 fully saturated rings. The molecule has 0 rings (SSSR count). The molecule has 0 bridgehead atoms. The summed E-state index contributed by atoms with van der Waals surface area (Å²) in [7, 11) is 1.35. The number of nitrogens with zero attached hydrogens (tertiary/aromatic N) is 1. The van der Waals surface area contributed by atoms with Gasteiger partial charge in [-0.2, -0.15) is 0 Å². The number of rotatable bonds is 0. The first-order chi connectivity index (χ1) is 1.91. The minimum atomic E-state index is 1.35. The molecule has 0 aliphatic carbocycles. The van der Waals surface area contributed by atoms with Crippen LogP contribution in [0.3, 0.4) is 0 Å². The highest BCUT2D eigenvalue weighted by Crippen LogP contribution is 1.25. The van der Waals surface area contributed by atoms with Gasteiger partial charge in [-0.3, -0.25) is 4.66 Å². The summed E-state index contributed by atoms with van der Waals surface area (Å²) in [5.41, 5.74) is 0. The van der Waals surface area contributed by atoms with Crippen LogP contribution in [0.25, 0.3) is 0 Å². The van der Waals surface area contributed by atoms with Gasteiger partial charge < -0.3 is 0 Å². The van der Waals surface area contributed by atoms with Crippen LogP contribution in [0, 0.1) is 5.41 Å². The maximum absolute atomic E-state index is 6.04. The minimum absolute atomic E-state index is 1.35. The molecule has 0 saturated carbocycles. The second-order valence-corrected chi connectivity index (χ2v) is 0.586. The summed E-state index contributed by atoms with van der Waals surface area (Å²) in [6.07, 6.45) is 0. The molecule has 21 valence electrons. The van der Waals surface area contributed by atoms with Crippen molar-refractivity contribution in [1.82, 2.24) is 0 Å². The van der Waals surface area contributed by atoms with Crippen molar-refractivity contribution in [2.75, 3.05) is 0 Å². The minimum Gasteiger partial charge on any atom is -0.277 e. The number of hydrogen-bond acceptors (Lipinski definition) is 2. The Balaban J connectivity index is 3.11. The first kappa shape index (κ1) is 3.60. The lowest BCUT2D eigenvalue weighted by Crippen LogP contribution is -1.41. The van der Waals surface area contributed by atoms with Crippen molar-refractivity contribution >= 4 is 16.4 Å². The predicted octanol–water partition coefficient (Wildman–Crippen LogP) is -0.713. The Morgan fingerprint density at radius 3 is 2.25 bits per heavy atom. The molecule has 0 aromatic rings. The molecule has 0 unspecified atom stereocenters. The highest BCUT2D eigenvalue weighted by atomic mass is 28.2. The molecule has 0 saturated heterocycles. The van der Waals surface area contributed by atoms with Gasteiger partial charge in [0.25, 0.3) is 0 Å². The zero-order valence-electron chi connectivity index (χ0n) is 2.15. The van der Waals surface area contributed by atoms with E-state index in [1.807, 2.05) is 6.01 Å². The van der Waals surface area contributed by atoms with Gasteiger partial charge in [-0.15, -0.1) is 0 Å². The van der Waals surface area contributed by atoms with Gasteiger partial charge >= 0.3 is 0 Å². The van der Waals surface area contributed by atoms with Crippen LogP contribution in [0.15, 0.2) is 4.66 Å². The molecule has 0 aromatic carbocycles. The molecule has 4 heavy (non-hydrogen) atoms. The van der Waals surface area contributed by atoms with Crippen molar-refractivity contribution in [1.29, 1.82) is 5.41 Å². The first-order valence-electron chi connectivity index (χ1n) is 0.790. The van der Waals surface area contributed by atoms with E-state index in [9.17, 15) is 0 Å². The molecule has 0 spiro atoms. The molecule has 1 N–H and O–H groups in total. The summed E-state index contributed by atoms with van der Waals surface area (Å²) in [5, 5.41) is 6.04. The lowest BCUT2D eigenvalue weighted by molar-refractivity contribution is 1.57. The summed E-state index contributed by atoms with van der Waals surface area (Å²) in [5.74, 6) is 0. The fourth-order valence-corrected chi connectivity index (χ4v) is 0. The zero-order valence-corrected chi connectivity index (χ0v) is 3.57. The van der Waals surface area contributed by atoms with Gasteiger partial charge in [0.2, 0.25) is 0 Å². The topological polar surface area (TPSA) is 36.2 Å². The third-order valence-corrected chi connectivity index (χ3v) is 0.237. The maximum atomic E-state index is 6.04. The first-order valence-corrected chi connectivity index (χ1v) is 1.42. The van der Waals surface area contributed by atoms with Crippen LogP contribution in [-0.2, 0) is 0 Å². The SMILES string of the molecule is N=C=N[SiH2]. The lowest BCUT2D eigenvalue weighted by atomic mass is 11.6. The molecule has 0 heterocycles. The molecule has 0 amide bonds. The quantitative estimate of drug-likeness (QED) is 0.289. The van der Waals surface area contributed by atoms with Crippen LogP contribution in [-0.4, -0.2) is 16.4 Å². The third kappa shape index (κ3) is 1.60. The van der Waals surface area contributed by atoms with E-state index in [2.05, 4.69) is 4.66 Å². The predicted molar refractivity (Wildman–Crippen MR) is 18.7 cm³/mol. The summed E-state index contributed by atoms with van der Waals surface area (Å²) in [6.45, 7) is 0. The number of hydrogen-bond donors (Lipinski definition) is 1. The van der Waals surface area contributed by atoms with E-state index < -0.39 is 0 Å². The monoisotopic (exact) mass is 71.0 g/mol. The molecule has 0 aromatic heterocycles. The Bertz CT molecular complexity index is 44.0. The lowest BCUT2D eigenvalue weighted by Gasteiger charge is -1.40. The standard InChI is InChI=1S/CH3N2Si/c2-1-3-4/h2H,4H2. The van der Waals surface area contributed by atoms with Gasteiger partial charge in [0.1, 0.15) is 0 Å². The second-order valence-electron chi connectivity index (χ2n) is 0.270. The van der Waals surface area contributed by atoms with Gasteiger partial charge in [0.15, 0.2) is 10.4 Å². The Morgan fingerprint density at radius 1 is 2.00 bits per heavy atom. The Morgan fingerprint density at radius 2 is 2.25 bits per heavy atom. The van der Waals surface area contributed by atoms with Crippen molar-refractivity contribution in [3.8, 4) is 0 Å². The van der Waals surface area contributed by atoms with Crippen LogP contribution in [0.1, 0.15) is 0 Å². The van der Waals surface area contributed by atoms with E-state index >= 15 is 0 Å². The van der Waals surface area contributed by atoms with Gasteiger partial charge in [-0.1, -0.05) is 0 Å². The van der Waals surface area contributed by atoms with Crippen molar-refractivity contribution < 1.29 is 0 Å². The fraction of sp³-hybridized carbons (Fsp3) is 0. The summed E-state index contributed by atoms with van der Waals surface area (Å²) in [4.78, 5) is 0. The average Bonchev–Trinajstić information content (AvgIpc) is 1.37. The molecule has 3 heteroatoms. The summed E-state index contributed by atoms with van der Waals surface area (Å²) in [6, 6.07) is 1.82. The van der Waals surface area contributed by atoms with E-state index in [0.717, 1.165) is 0 Å². The normalized spacial score (nSPS) is 4.25.